The Kier molecular flexibility index (Phi) is 5.45. The number of hydrogen-bond acceptors (Lipinski definition) is 3. The van der Waals surface area contributed by atoms with Crippen LogP contribution in [0, 0.1) is 0 Å². The van der Waals surface area contributed by atoms with E-state index in [-0.39, 0.29) is 12.6 Å². The van der Waals surface area contributed by atoms with Crippen molar-refractivity contribution >= 4 is 5.69 Å². The fourth-order valence-electron chi connectivity index (χ4n) is 1.94. The van der Waals surface area contributed by atoms with Gasteiger partial charge in [-0.25, -0.2) is 0 Å². The van der Waals surface area contributed by atoms with Crippen LogP contribution >= 0.6 is 0 Å². The van der Waals surface area contributed by atoms with Crippen molar-refractivity contribution in [3.63, 3.8) is 0 Å². The molecule has 0 amide bonds. The average Bonchev–Trinajstić information content (AvgIpc) is 2.35. The van der Waals surface area contributed by atoms with Crippen molar-refractivity contribution in [2.75, 3.05) is 18.1 Å². The van der Waals surface area contributed by atoms with Gasteiger partial charge >= 0.3 is 0 Å². The largest absolute Gasteiger partial charge is 0.395 e. The van der Waals surface area contributed by atoms with Crippen molar-refractivity contribution in [3.8, 4) is 0 Å². The van der Waals surface area contributed by atoms with Crippen LogP contribution < -0.4 is 10.6 Å². The minimum Gasteiger partial charge on any atom is -0.395 e. The van der Waals surface area contributed by atoms with E-state index in [0.29, 0.717) is 12.6 Å². The molecule has 0 fully saturated rings. The lowest BCUT2D eigenvalue weighted by atomic mass is 10.0. The van der Waals surface area contributed by atoms with Crippen LogP contribution in [-0.2, 0) is 0 Å². The van der Waals surface area contributed by atoms with Crippen LogP contribution in [0.15, 0.2) is 24.3 Å². The Labute approximate surface area is 104 Å². The first-order valence-electron chi connectivity index (χ1n) is 6.33. The molecule has 1 aromatic carbocycles. The van der Waals surface area contributed by atoms with Gasteiger partial charge in [0.1, 0.15) is 0 Å². The Morgan fingerprint density at radius 2 is 1.82 bits per heavy atom. The number of nitrogens with zero attached hydrogens (tertiary/aromatic N) is 1. The number of hydrogen-bond donors (Lipinski definition) is 2. The topological polar surface area (TPSA) is 49.5 Å². The van der Waals surface area contributed by atoms with E-state index in [1.165, 1.54) is 5.56 Å². The summed E-state index contributed by atoms with van der Waals surface area (Å²) in [6.07, 6.45) is 0.948. The zero-order valence-corrected chi connectivity index (χ0v) is 11.1. The number of aliphatic hydroxyl groups is 1. The first-order valence-corrected chi connectivity index (χ1v) is 6.33. The summed E-state index contributed by atoms with van der Waals surface area (Å²) in [5.74, 6) is 0. The molecule has 0 spiro atoms. The number of aliphatic hydroxyl groups excluding tert-OH is 1. The molecule has 3 heteroatoms. The molecule has 1 aromatic rings. The fraction of sp³-hybridized carbons (Fsp3) is 0.571. The second-order valence-electron chi connectivity index (χ2n) is 4.62. The van der Waals surface area contributed by atoms with E-state index in [2.05, 4.69) is 49.9 Å². The van der Waals surface area contributed by atoms with Crippen molar-refractivity contribution in [2.24, 2.45) is 5.73 Å². The summed E-state index contributed by atoms with van der Waals surface area (Å²) in [6, 6.07) is 8.83. The molecule has 0 bridgehead atoms. The highest BCUT2D eigenvalue weighted by Crippen LogP contribution is 2.21. The van der Waals surface area contributed by atoms with Crippen molar-refractivity contribution in [1.29, 1.82) is 0 Å². The third-order valence-electron chi connectivity index (χ3n) is 3.06. The Hall–Kier alpha value is -1.06. The van der Waals surface area contributed by atoms with Gasteiger partial charge in [-0.1, -0.05) is 19.1 Å². The van der Waals surface area contributed by atoms with Crippen LogP contribution in [0.25, 0.3) is 0 Å². The van der Waals surface area contributed by atoms with Gasteiger partial charge in [0.2, 0.25) is 0 Å². The number of anilines is 1. The maximum absolute atomic E-state index is 9.07. The molecule has 0 aliphatic carbocycles. The van der Waals surface area contributed by atoms with Gasteiger partial charge in [-0.2, -0.15) is 0 Å². The van der Waals surface area contributed by atoms with Crippen LogP contribution in [0.2, 0.25) is 0 Å². The molecule has 3 nitrogen and oxygen atoms in total. The second kappa shape index (κ2) is 6.62. The molecule has 17 heavy (non-hydrogen) atoms. The maximum atomic E-state index is 9.07. The van der Waals surface area contributed by atoms with Gasteiger partial charge in [-0.15, -0.1) is 0 Å². The summed E-state index contributed by atoms with van der Waals surface area (Å²) in [7, 11) is 0. The van der Waals surface area contributed by atoms with E-state index in [1.54, 1.807) is 0 Å². The monoisotopic (exact) mass is 236 g/mol. The molecule has 96 valence electrons. The van der Waals surface area contributed by atoms with E-state index >= 15 is 0 Å². The van der Waals surface area contributed by atoms with E-state index in [9.17, 15) is 0 Å². The minimum atomic E-state index is 0.120. The summed E-state index contributed by atoms with van der Waals surface area (Å²) < 4.78 is 0. The Morgan fingerprint density at radius 3 is 2.24 bits per heavy atom. The highest BCUT2D eigenvalue weighted by molar-refractivity contribution is 5.48. The van der Waals surface area contributed by atoms with Crippen LogP contribution in [0.5, 0.6) is 0 Å². The smallest absolute Gasteiger partial charge is 0.0606 e. The van der Waals surface area contributed by atoms with Gasteiger partial charge in [-0.05, 0) is 38.0 Å². The number of benzene rings is 1. The highest BCUT2D eigenvalue weighted by atomic mass is 16.3. The Balaban J connectivity index is 2.84. The van der Waals surface area contributed by atoms with Crippen LogP contribution in [-0.4, -0.2) is 24.3 Å². The first-order chi connectivity index (χ1) is 8.10. The van der Waals surface area contributed by atoms with Gasteiger partial charge in [0.15, 0.2) is 0 Å². The van der Waals surface area contributed by atoms with Crippen molar-refractivity contribution in [1.82, 2.24) is 0 Å². The van der Waals surface area contributed by atoms with Crippen LogP contribution in [0.3, 0.4) is 0 Å². The predicted molar refractivity (Wildman–Crippen MR) is 73.2 cm³/mol. The zero-order chi connectivity index (χ0) is 12.8. The third-order valence-corrected chi connectivity index (χ3v) is 3.06. The van der Waals surface area contributed by atoms with E-state index in [0.717, 1.165) is 12.1 Å². The standard InChI is InChI=1S/C14H24N2O/c1-4-14(15)12-5-7-13(8-6-12)16(9-10-17)11(2)3/h5-8,11,14,17H,4,9-10,15H2,1-3H3. The van der Waals surface area contributed by atoms with Gasteiger partial charge in [0, 0.05) is 24.3 Å². The summed E-state index contributed by atoms with van der Waals surface area (Å²) in [6.45, 7) is 7.18. The molecule has 3 N–H and O–H groups in total. The third kappa shape index (κ3) is 3.72. The summed E-state index contributed by atoms with van der Waals surface area (Å²) >= 11 is 0. The van der Waals surface area contributed by atoms with Gasteiger partial charge in [-0.3, -0.25) is 0 Å². The summed E-state index contributed by atoms with van der Waals surface area (Å²) in [5, 5.41) is 9.07. The quantitative estimate of drug-likeness (QED) is 0.797. The van der Waals surface area contributed by atoms with Gasteiger partial charge in [0.05, 0.1) is 6.61 Å². The molecule has 0 saturated heterocycles. The summed E-state index contributed by atoms with van der Waals surface area (Å²) in [4.78, 5) is 2.18. The minimum absolute atomic E-state index is 0.120. The average molecular weight is 236 g/mol. The van der Waals surface area contributed by atoms with Crippen LogP contribution in [0.1, 0.15) is 38.8 Å². The predicted octanol–water partition coefficient (Wildman–Crippen LogP) is 2.30. The van der Waals surface area contributed by atoms with Crippen molar-refractivity contribution in [2.45, 2.75) is 39.3 Å². The van der Waals surface area contributed by atoms with Crippen molar-refractivity contribution < 1.29 is 5.11 Å². The zero-order valence-electron chi connectivity index (χ0n) is 11.1. The molecule has 1 rings (SSSR count). The van der Waals surface area contributed by atoms with Crippen LogP contribution in [0.4, 0.5) is 5.69 Å². The van der Waals surface area contributed by atoms with E-state index < -0.39 is 0 Å². The molecule has 1 atom stereocenters. The van der Waals surface area contributed by atoms with E-state index in [4.69, 9.17) is 10.8 Å². The van der Waals surface area contributed by atoms with Gasteiger partial charge in [0.25, 0.3) is 0 Å². The normalized spacial score (nSPS) is 12.8. The lowest BCUT2D eigenvalue weighted by Crippen LogP contribution is -2.33. The molecular formula is C14H24N2O. The molecule has 0 saturated carbocycles. The molecular weight excluding hydrogens is 212 g/mol. The Bertz CT molecular complexity index is 321. The summed E-state index contributed by atoms with van der Waals surface area (Å²) in [5.41, 5.74) is 8.30. The molecule has 0 aliphatic rings. The second-order valence-corrected chi connectivity index (χ2v) is 4.62. The lowest BCUT2D eigenvalue weighted by Gasteiger charge is -2.28. The maximum Gasteiger partial charge on any atom is 0.0606 e. The number of rotatable bonds is 6. The van der Waals surface area contributed by atoms with Crippen molar-refractivity contribution in [3.05, 3.63) is 29.8 Å². The fourth-order valence-corrected chi connectivity index (χ4v) is 1.94. The SMILES string of the molecule is CCC(N)c1ccc(N(CCO)C(C)C)cc1. The molecule has 0 aliphatic heterocycles. The molecule has 1 unspecified atom stereocenters. The van der Waals surface area contributed by atoms with Gasteiger partial charge < -0.3 is 15.7 Å². The highest BCUT2D eigenvalue weighted by Gasteiger charge is 2.10. The number of nitrogens with two attached hydrogens (primary N) is 1. The Morgan fingerprint density at radius 1 is 1.24 bits per heavy atom. The van der Waals surface area contributed by atoms with E-state index in [1.807, 2.05) is 0 Å². The molecule has 0 radical (unpaired) electrons. The lowest BCUT2D eigenvalue weighted by molar-refractivity contribution is 0.299. The molecule has 0 heterocycles. The molecule has 0 aromatic heterocycles. The first kappa shape index (κ1) is 14.0.